The monoisotopic (exact) mass is 320 g/mol. The van der Waals surface area contributed by atoms with Gasteiger partial charge in [-0.1, -0.05) is 44.6 Å². The topological polar surface area (TPSA) is 20.3 Å². The second-order valence-electron chi connectivity index (χ2n) is 5.58. The summed E-state index contributed by atoms with van der Waals surface area (Å²) in [5, 5.41) is 0. The molecule has 4 heteroatoms. The average molecular weight is 320 g/mol. The molecule has 0 aromatic rings. The lowest BCUT2D eigenvalue weighted by molar-refractivity contribution is 0.302. The van der Waals surface area contributed by atoms with E-state index in [0.717, 1.165) is 33.9 Å². The second-order valence-corrected chi connectivity index (χ2v) is 8.94. The van der Waals surface area contributed by atoms with Crippen LogP contribution in [0.4, 0.5) is 0 Å². The van der Waals surface area contributed by atoms with Gasteiger partial charge in [0.2, 0.25) is 0 Å². The van der Waals surface area contributed by atoms with E-state index in [1.165, 1.54) is 57.5 Å². The fraction of sp³-hybridized carbons (Fsp3) is 1.00. The average Bonchev–Trinajstić information content (AvgIpc) is 2.46. The molecule has 0 spiro atoms. The van der Waals surface area contributed by atoms with Crippen LogP contribution in [0.3, 0.4) is 0 Å². The van der Waals surface area contributed by atoms with E-state index >= 15 is 0 Å². The quantitative estimate of drug-likeness (QED) is 0.305. The molecule has 0 heterocycles. The van der Waals surface area contributed by atoms with Crippen molar-refractivity contribution in [2.24, 2.45) is 0 Å². The second kappa shape index (κ2) is 15.9. The van der Waals surface area contributed by atoms with Gasteiger partial charge < -0.3 is 0 Å². The number of unbranched alkanes of at least 4 members (excludes halogenated alkanes) is 3. The molecule has 0 aromatic heterocycles. The first-order chi connectivity index (χ1) is 9.74. The fourth-order valence-electron chi connectivity index (χ4n) is 2.08. The van der Waals surface area contributed by atoms with E-state index in [2.05, 4.69) is 25.7 Å². The highest BCUT2D eigenvalue weighted by atomic mass is 31.1. The summed E-state index contributed by atoms with van der Waals surface area (Å²) < 4.78 is 11.9. The largest absolute Gasteiger partial charge is 0.340 e. The fourth-order valence-corrected chi connectivity index (χ4v) is 4.81. The lowest BCUT2D eigenvalue weighted by Crippen LogP contribution is -2.29. The van der Waals surface area contributed by atoms with Crippen molar-refractivity contribution < 1.29 is 4.57 Å². The molecule has 0 aliphatic heterocycles. The van der Waals surface area contributed by atoms with Crippen LogP contribution in [0.25, 0.3) is 0 Å². The molecule has 0 fully saturated rings. The van der Waals surface area contributed by atoms with Crippen molar-refractivity contribution in [2.75, 3.05) is 44.3 Å². The molecule has 0 bridgehead atoms. The van der Waals surface area contributed by atoms with Crippen LogP contribution in [0.5, 0.6) is 0 Å². The van der Waals surface area contributed by atoms with Gasteiger partial charge in [0.05, 0.1) is 0 Å². The van der Waals surface area contributed by atoms with E-state index in [1.54, 1.807) is 0 Å². The van der Waals surface area contributed by atoms with Gasteiger partial charge in [0, 0.05) is 13.1 Å². The predicted octanol–water partition coefficient (Wildman–Crippen LogP) is 5.19. The van der Waals surface area contributed by atoms with Crippen molar-refractivity contribution in [1.82, 2.24) is 4.90 Å². The maximum atomic E-state index is 11.9. The number of nitrogens with zero attached hydrogens (tertiary/aromatic N) is 1. The van der Waals surface area contributed by atoms with Gasteiger partial charge in [-0.3, -0.25) is 4.90 Å². The first kappa shape index (κ1) is 20.5. The molecule has 0 N–H and O–H groups in total. The predicted molar refractivity (Wildman–Crippen MR) is 96.6 cm³/mol. The summed E-state index contributed by atoms with van der Waals surface area (Å²) in [4.78, 5) is 2.56. The molecule has 0 saturated heterocycles. The molecule has 0 aromatic carbocycles. The van der Waals surface area contributed by atoms with Gasteiger partial charge in [0.25, 0.3) is 0 Å². The third kappa shape index (κ3) is 13.5. The minimum absolute atomic E-state index is 0.914. The number of hydrogen-bond donors (Lipinski definition) is 0. The molecule has 0 amide bonds. The molecule has 2 unspecified atom stereocenters. The molecule has 2 nitrogen and oxygen atoms in total. The van der Waals surface area contributed by atoms with Crippen LogP contribution in [-0.4, -0.2) is 49.2 Å². The van der Waals surface area contributed by atoms with Crippen LogP contribution in [0.2, 0.25) is 0 Å². The zero-order chi connectivity index (χ0) is 15.1. The highest BCUT2D eigenvalue weighted by molar-refractivity contribution is 7.44. The summed E-state index contributed by atoms with van der Waals surface area (Å²) in [6, 6.07) is 0. The Morgan fingerprint density at radius 3 is 2.15 bits per heavy atom. The van der Waals surface area contributed by atoms with Crippen LogP contribution >= 0.6 is 16.4 Å². The van der Waals surface area contributed by atoms with Crippen LogP contribution in [0, 0.1) is 0 Å². The van der Waals surface area contributed by atoms with Crippen LogP contribution in [0.15, 0.2) is 0 Å². The minimum atomic E-state index is -0.948. The van der Waals surface area contributed by atoms with Gasteiger partial charge in [0.1, 0.15) is 6.16 Å². The summed E-state index contributed by atoms with van der Waals surface area (Å²) in [5.74, 6) is 0. The van der Waals surface area contributed by atoms with Crippen molar-refractivity contribution in [3.63, 3.8) is 0 Å². The van der Waals surface area contributed by atoms with Gasteiger partial charge in [-0.25, -0.2) is 0 Å². The lowest BCUT2D eigenvalue weighted by Gasteiger charge is -2.20. The number of hydrogen-bond acceptors (Lipinski definition) is 2. The summed E-state index contributed by atoms with van der Waals surface area (Å²) in [5.41, 5.74) is 0. The SMILES string of the molecule is CCCCPCCN(CCCC)CC[P+](=O)CCCC. The number of rotatable bonds is 15. The smallest absolute Gasteiger partial charge is 0.299 e. The van der Waals surface area contributed by atoms with Crippen LogP contribution in [0.1, 0.15) is 59.3 Å². The third-order valence-electron chi connectivity index (χ3n) is 3.57. The Labute approximate surface area is 130 Å². The first-order valence-electron chi connectivity index (χ1n) is 8.59. The van der Waals surface area contributed by atoms with Crippen molar-refractivity contribution in [2.45, 2.75) is 59.3 Å². The molecular formula is C16H36NOP2+. The summed E-state index contributed by atoms with van der Waals surface area (Å²) in [6.45, 7) is 10.2. The van der Waals surface area contributed by atoms with Gasteiger partial charge in [-0.2, -0.15) is 0 Å². The minimum Gasteiger partial charge on any atom is -0.299 e. The summed E-state index contributed by atoms with van der Waals surface area (Å²) >= 11 is 0. The van der Waals surface area contributed by atoms with E-state index in [0.29, 0.717) is 0 Å². The molecule has 0 aliphatic rings. The normalized spacial score (nSPS) is 12.7. The Hall–Kier alpha value is 0.490. The van der Waals surface area contributed by atoms with Gasteiger partial charge >= 0.3 is 7.80 Å². The van der Waals surface area contributed by atoms with Crippen LogP contribution in [-0.2, 0) is 4.57 Å². The Bertz CT molecular complexity index is 225. The Kier molecular flexibility index (Phi) is 16.3. The maximum absolute atomic E-state index is 11.9. The van der Waals surface area contributed by atoms with Crippen molar-refractivity contribution >= 4 is 16.4 Å². The van der Waals surface area contributed by atoms with E-state index in [9.17, 15) is 4.57 Å². The van der Waals surface area contributed by atoms with E-state index in [-0.39, 0.29) is 0 Å². The summed E-state index contributed by atoms with van der Waals surface area (Å²) in [7, 11) is 0.174. The standard InChI is InChI=1S/C16H36NOP2/c1-4-7-10-17(11-14-19-13-8-5-2)12-16-20(18)15-9-6-3/h19H,4-16H2,1-3H3/q+1. The molecular weight excluding hydrogens is 284 g/mol. The zero-order valence-corrected chi connectivity index (χ0v) is 15.9. The maximum Gasteiger partial charge on any atom is 0.340 e. The lowest BCUT2D eigenvalue weighted by atomic mass is 10.3. The van der Waals surface area contributed by atoms with Crippen molar-refractivity contribution in [3.8, 4) is 0 Å². The summed E-state index contributed by atoms with van der Waals surface area (Å²) in [6.07, 6.45) is 12.1. The first-order valence-corrected chi connectivity index (χ1v) is 11.6. The van der Waals surface area contributed by atoms with E-state index in [1.807, 2.05) is 0 Å². The van der Waals surface area contributed by atoms with Crippen LogP contribution < -0.4 is 0 Å². The van der Waals surface area contributed by atoms with Gasteiger partial charge in [0.15, 0.2) is 6.16 Å². The molecule has 0 aliphatic carbocycles. The van der Waals surface area contributed by atoms with Crippen molar-refractivity contribution in [3.05, 3.63) is 0 Å². The van der Waals surface area contributed by atoms with E-state index < -0.39 is 7.80 Å². The molecule has 0 saturated carbocycles. The zero-order valence-electron chi connectivity index (χ0n) is 14.0. The molecule has 20 heavy (non-hydrogen) atoms. The molecule has 2 atom stereocenters. The Morgan fingerprint density at radius 2 is 1.50 bits per heavy atom. The Balaban J connectivity index is 3.79. The van der Waals surface area contributed by atoms with Gasteiger partial charge in [-0.15, -0.1) is 8.58 Å². The molecule has 0 rings (SSSR count). The van der Waals surface area contributed by atoms with Gasteiger partial charge in [-0.05, 0) is 38.1 Å². The van der Waals surface area contributed by atoms with Crippen molar-refractivity contribution in [1.29, 1.82) is 0 Å². The van der Waals surface area contributed by atoms with E-state index in [4.69, 9.17) is 0 Å². The highest BCUT2D eigenvalue weighted by Crippen LogP contribution is 2.22. The highest BCUT2D eigenvalue weighted by Gasteiger charge is 2.16. The molecule has 120 valence electrons. The third-order valence-corrected chi connectivity index (χ3v) is 6.36. The molecule has 0 radical (unpaired) electrons. The Morgan fingerprint density at radius 1 is 0.800 bits per heavy atom.